The lowest BCUT2D eigenvalue weighted by molar-refractivity contribution is 0.150. The number of carbonyl (C=O) groups excluding carboxylic acids is 1. The predicted molar refractivity (Wildman–Crippen MR) is 82.1 cm³/mol. The zero-order valence-electron chi connectivity index (χ0n) is 11.7. The average molecular weight is 309 g/mol. The molecule has 0 radical (unpaired) electrons. The lowest BCUT2D eigenvalue weighted by Gasteiger charge is -2.06. The fourth-order valence-electron chi connectivity index (χ4n) is 1.71. The summed E-state index contributed by atoms with van der Waals surface area (Å²) in [5.74, 6) is 0. The Bertz CT molecular complexity index is 600. The smallest absolute Gasteiger partial charge is 0.319 e. The number of carbonyl (C=O) groups is 1. The second-order valence-electron chi connectivity index (χ2n) is 4.20. The highest BCUT2D eigenvalue weighted by atomic mass is 35.5. The number of para-hydroxylation sites is 1. The van der Waals surface area contributed by atoms with Crippen molar-refractivity contribution in [3.8, 4) is 5.69 Å². The molecule has 0 fully saturated rings. The van der Waals surface area contributed by atoms with Gasteiger partial charge in [0.05, 0.1) is 35.4 Å². The molecule has 2 rings (SSSR count). The molecule has 0 aliphatic heterocycles. The summed E-state index contributed by atoms with van der Waals surface area (Å²) in [5.41, 5.74) is 1.34. The molecule has 0 saturated carbocycles. The maximum Gasteiger partial charge on any atom is 0.319 e. The zero-order valence-corrected chi connectivity index (χ0v) is 12.4. The third-order valence-corrected chi connectivity index (χ3v) is 3.00. The summed E-state index contributed by atoms with van der Waals surface area (Å²) >= 11 is 6.10. The molecule has 0 aliphatic rings. The number of benzene rings is 1. The maximum atomic E-state index is 11.6. The third-order valence-electron chi connectivity index (χ3n) is 2.68. The number of nitrogens with one attached hydrogen (secondary N) is 2. The molecule has 0 saturated heterocycles. The molecule has 0 spiro atoms. The number of hydrogen-bond acceptors (Lipinski definition) is 3. The molecule has 2 N–H and O–H groups in total. The third kappa shape index (κ3) is 4.47. The molecule has 2 amide bonds. The number of urea groups is 1. The van der Waals surface area contributed by atoms with E-state index in [0.717, 1.165) is 5.69 Å². The minimum atomic E-state index is -0.298. The number of halogens is 1. The van der Waals surface area contributed by atoms with Crippen LogP contribution in [0.15, 0.2) is 36.7 Å². The normalized spacial score (nSPS) is 10.4. The van der Waals surface area contributed by atoms with Crippen LogP contribution in [0, 0.1) is 0 Å². The van der Waals surface area contributed by atoms with Crippen molar-refractivity contribution in [3.63, 3.8) is 0 Å². The molecule has 1 heterocycles. The van der Waals surface area contributed by atoms with E-state index in [1.165, 1.54) is 0 Å². The highest BCUT2D eigenvalue weighted by Crippen LogP contribution is 2.20. The van der Waals surface area contributed by atoms with Crippen molar-refractivity contribution in [2.45, 2.75) is 6.92 Å². The summed E-state index contributed by atoms with van der Waals surface area (Å²) in [6.07, 6.45) is 3.26. The molecule has 21 heavy (non-hydrogen) atoms. The van der Waals surface area contributed by atoms with Crippen LogP contribution < -0.4 is 10.6 Å². The van der Waals surface area contributed by atoms with Crippen LogP contribution in [-0.4, -0.2) is 35.6 Å². The van der Waals surface area contributed by atoms with Gasteiger partial charge in [-0.25, -0.2) is 9.48 Å². The second-order valence-corrected chi connectivity index (χ2v) is 4.61. The Morgan fingerprint density at radius 3 is 3.00 bits per heavy atom. The standard InChI is InChI=1S/C14H17ClN4O2/c1-2-21-8-7-16-14(20)18-11-9-17-19(10-11)13-6-4-3-5-12(13)15/h3-6,9-10H,2,7-8H2,1H3,(H2,16,18,20). The molecule has 7 heteroatoms. The Hall–Kier alpha value is -2.05. The molecule has 1 aromatic carbocycles. The molecular formula is C14H17ClN4O2. The molecule has 0 unspecified atom stereocenters. The average Bonchev–Trinajstić information content (AvgIpc) is 2.92. The fraction of sp³-hybridized carbons (Fsp3) is 0.286. The van der Waals surface area contributed by atoms with Gasteiger partial charge in [0.25, 0.3) is 0 Å². The first-order valence-electron chi connectivity index (χ1n) is 6.63. The number of hydrogen-bond donors (Lipinski definition) is 2. The zero-order chi connectivity index (χ0) is 15.1. The van der Waals surface area contributed by atoms with Gasteiger partial charge in [-0.15, -0.1) is 0 Å². The number of aromatic nitrogens is 2. The van der Waals surface area contributed by atoms with Crippen molar-refractivity contribution in [2.24, 2.45) is 0 Å². The Balaban J connectivity index is 1.91. The van der Waals surface area contributed by atoms with Gasteiger partial charge in [-0.05, 0) is 19.1 Å². The quantitative estimate of drug-likeness (QED) is 0.806. The topological polar surface area (TPSA) is 68.2 Å². The van der Waals surface area contributed by atoms with Gasteiger partial charge >= 0.3 is 6.03 Å². The van der Waals surface area contributed by atoms with Gasteiger partial charge in [0.1, 0.15) is 0 Å². The number of ether oxygens (including phenoxy) is 1. The number of rotatable bonds is 6. The van der Waals surface area contributed by atoms with Crippen LogP contribution >= 0.6 is 11.6 Å². The van der Waals surface area contributed by atoms with Crippen LogP contribution in [0.3, 0.4) is 0 Å². The van der Waals surface area contributed by atoms with Crippen LogP contribution in [-0.2, 0) is 4.74 Å². The Labute approximate surface area is 128 Å². The Morgan fingerprint density at radius 1 is 1.43 bits per heavy atom. The SMILES string of the molecule is CCOCCNC(=O)Nc1cnn(-c2ccccc2Cl)c1. The van der Waals surface area contributed by atoms with Crippen molar-refractivity contribution in [1.29, 1.82) is 0 Å². The summed E-state index contributed by atoms with van der Waals surface area (Å²) in [6, 6.07) is 7.05. The minimum Gasteiger partial charge on any atom is -0.380 e. The fourth-order valence-corrected chi connectivity index (χ4v) is 1.94. The van der Waals surface area contributed by atoms with Gasteiger partial charge in [-0.1, -0.05) is 23.7 Å². The highest BCUT2D eigenvalue weighted by molar-refractivity contribution is 6.32. The van der Waals surface area contributed by atoms with E-state index in [1.807, 2.05) is 25.1 Å². The molecule has 0 aliphatic carbocycles. The highest BCUT2D eigenvalue weighted by Gasteiger charge is 2.06. The Morgan fingerprint density at radius 2 is 2.24 bits per heavy atom. The summed E-state index contributed by atoms with van der Waals surface area (Å²) in [5, 5.41) is 10.2. The van der Waals surface area contributed by atoms with E-state index < -0.39 is 0 Å². The van der Waals surface area contributed by atoms with E-state index in [1.54, 1.807) is 23.1 Å². The monoisotopic (exact) mass is 308 g/mol. The van der Waals surface area contributed by atoms with Crippen molar-refractivity contribution in [3.05, 3.63) is 41.7 Å². The van der Waals surface area contributed by atoms with Crippen molar-refractivity contribution >= 4 is 23.3 Å². The van der Waals surface area contributed by atoms with Gasteiger partial charge in [-0.2, -0.15) is 5.10 Å². The largest absolute Gasteiger partial charge is 0.380 e. The van der Waals surface area contributed by atoms with Crippen LogP contribution in [0.25, 0.3) is 5.69 Å². The van der Waals surface area contributed by atoms with Crippen LogP contribution in [0.4, 0.5) is 10.5 Å². The number of amides is 2. The lowest BCUT2D eigenvalue weighted by Crippen LogP contribution is -2.31. The van der Waals surface area contributed by atoms with E-state index in [4.69, 9.17) is 16.3 Å². The van der Waals surface area contributed by atoms with Crippen molar-refractivity contribution < 1.29 is 9.53 Å². The maximum absolute atomic E-state index is 11.6. The predicted octanol–water partition coefficient (Wildman–Crippen LogP) is 2.68. The van der Waals surface area contributed by atoms with Crippen molar-refractivity contribution in [1.82, 2.24) is 15.1 Å². The first kappa shape index (κ1) is 15.3. The second kappa shape index (κ2) is 7.66. The van der Waals surface area contributed by atoms with Crippen LogP contribution in [0.2, 0.25) is 5.02 Å². The molecule has 2 aromatic rings. The van der Waals surface area contributed by atoms with Crippen LogP contribution in [0.5, 0.6) is 0 Å². The van der Waals surface area contributed by atoms with E-state index >= 15 is 0 Å². The van der Waals surface area contributed by atoms with E-state index in [-0.39, 0.29) is 6.03 Å². The molecular weight excluding hydrogens is 292 g/mol. The Kier molecular flexibility index (Phi) is 5.59. The first-order valence-corrected chi connectivity index (χ1v) is 7.00. The first-order chi connectivity index (χ1) is 10.2. The van der Waals surface area contributed by atoms with E-state index in [0.29, 0.717) is 30.5 Å². The van der Waals surface area contributed by atoms with Gasteiger partial charge in [0, 0.05) is 13.2 Å². The van der Waals surface area contributed by atoms with Gasteiger partial charge in [0.15, 0.2) is 0 Å². The minimum absolute atomic E-state index is 0.298. The molecule has 0 atom stereocenters. The van der Waals surface area contributed by atoms with Gasteiger partial charge in [0.2, 0.25) is 0 Å². The molecule has 0 bridgehead atoms. The molecule has 6 nitrogen and oxygen atoms in total. The summed E-state index contributed by atoms with van der Waals surface area (Å²) < 4.78 is 6.74. The molecule has 112 valence electrons. The van der Waals surface area contributed by atoms with Gasteiger partial charge in [-0.3, -0.25) is 0 Å². The van der Waals surface area contributed by atoms with Crippen molar-refractivity contribution in [2.75, 3.05) is 25.1 Å². The summed E-state index contributed by atoms with van der Waals surface area (Å²) in [4.78, 5) is 11.6. The van der Waals surface area contributed by atoms with Gasteiger partial charge < -0.3 is 15.4 Å². The summed E-state index contributed by atoms with van der Waals surface area (Å²) in [7, 11) is 0. The lowest BCUT2D eigenvalue weighted by atomic mass is 10.3. The number of anilines is 1. The van der Waals surface area contributed by atoms with E-state index in [2.05, 4.69) is 15.7 Å². The summed E-state index contributed by atoms with van der Waals surface area (Å²) in [6.45, 7) is 3.48. The van der Waals surface area contributed by atoms with E-state index in [9.17, 15) is 4.79 Å². The van der Waals surface area contributed by atoms with Crippen LogP contribution in [0.1, 0.15) is 6.92 Å². The molecule has 1 aromatic heterocycles. The number of nitrogens with zero attached hydrogens (tertiary/aromatic N) is 2.